The Morgan fingerprint density at radius 3 is 2.43 bits per heavy atom. The van der Waals surface area contributed by atoms with Gasteiger partial charge < -0.3 is 0 Å². The quantitative estimate of drug-likeness (QED) is 0.837. The Morgan fingerprint density at radius 2 is 1.95 bits per heavy atom. The molecule has 21 heavy (non-hydrogen) atoms. The standard InChI is InChI=1S/C15H21FN2O2S/c1-15(2,3)18(7-8-21(4,19)20)11-12-5-6-14(16)9-13(12)10-17/h5-6,9H,7-8,11H2,1-4H3. The summed E-state index contributed by atoms with van der Waals surface area (Å²) in [6.45, 7) is 6.70. The number of hydrogen-bond acceptors (Lipinski definition) is 4. The number of halogens is 1. The average Bonchev–Trinajstić information content (AvgIpc) is 2.33. The van der Waals surface area contributed by atoms with Crippen molar-refractivity contribution in [3.05, 3.63) is 35.1 Å². The molecule has 0 unspecified atom stereocenters. The van der Waals surface area contributed by atoms with Gasteiger partial charge in [0.05, 0.1) is 17.4 Å². The van der Waals surface area contributed by atoms with Gasteiger partial charge in [-0.15, -0.1) is 0 Å². The maximum Gasteiger partial charge on any atom is 0.148 e. The van der Waals surface area contributed by atoms with Crippen LogP contribution in [0, 0.1) is 17.1 Å². The molecule has 0 spiro atoms. The fourth-order valence-electron chi connectivity index (χ4n) is 1.92. The Kier molecular flexibility index (Phi) is 5.48. The van der Waals surface area contributed by atoms with Crippen molar-refractivity contribution in [1.29, 1.82) is 5.26 Å². The summed E-state index contributed by atoms with van der Waals surface area (Å²) in [7, 11) is -3.06. The van der Waals surface area contributed by atoms with E-state index in [0.717, 1.165) is 0 Å². The van der Waals surface area contributed by atoms with E-state index in [0.29, 0.717) is 18.7 Å². The average molecular weight is 312 g/mol. The van der Waals surface area contributed by atoms with Crippen molar-refractivity contribution in [3.63, 3.8) is 0 Å². The Bertz CT molecular complexity index is 643. The van der Waals surface area contributed by atoms with E-state index in [1.54, 1.807) is 6.07 Å². The highest BCUT2D eigenvalue weighted by Crippen LogP contribution is 2.20. The van der Waals surface area contributed by atoms with Gasteiger partial charge in [0.1, 0.15) is 15.7 Å². The number of nitrogens with zero attached hydrogens (tertiary/aromatic N) is 2. The molecule has 0 aromatic heterocycles. The zero-order chi connectivity index (χ0) is 16.3. The summed E-state index contributed by atoms with van der Waals surface area (Å²) >= 11 is 0. The summed E-state index contributed by atoms with van der Waals surface area (Å²) in [5, 5.41) is 9.09. The summed E-state index contributed by atoms with van der Waals surface area (Å²) in [5.74, 6) is -0.401. The van der Waals surface area contributed by atoms with Crippen LogP contribution in [0.5, 0.6) is 0 Å². The van der Waals surface area contributed by atoms with Crippen LogP contribution in [0.1, 0.15) is 31.9 Å². The molecule has 0 atom stereocenters. The first-order valence-corrected chi connectivity index (χ1v) is 8.70. The Morgan fingerprint density at radius 1 is 1.33 bits per heavy atom. The van der Waals surface area contributed by atoms with Crippen molar-refractivity contribution in [1.82, 2.24) is 4.90 Å². The van der Waals surface area contributed by atoms with Crippen LogP contribution in [0.3, 0.4) is 0 Å². The number of hydrogen-bond donors (Lipinski definition) is 0. The van der Waals surface area contributed by atoms with Crippen molar-refractivity contribution in [3.8, 4) is 6.07 Å². The molecule has 0 heterocycles. The van der Waals surface area contributed by atoms with Crippen molar-refractivity contribution in [2.75, 3.05) is 18.6 Å². The topological polar surface area (TPSA) is 61.2 Å². The van der Waals surface area contributed by atoms with Gasteiger partial charge in [-0.2, -0.15) is 5.26 Å². The Hall–Kier alpha value is -1.45. The molecule has 1 aromatic carbocycles. The van der Waals surface area contributed by atoms with Gasteiger partial charge in [-0.1, -0.05) is 6.07 Å². The lowest BCUT2D eigenvalue weighted by Crippen LogP contribution is -2.43. The lowest BCUT2D eigenvalue weighted by molar-refractivity contribution is 0.137. The second kappa shape index (κ2) is 6.54. The molecule has 1 rings (SSSR count). The lowest BCUT2D eigenvalue weighted by atomic mass is 10.0. The molecule has 1 aromatic rings. The van der Waals surface area contributed by atoms with Gasteiger partial charge in [0.15, 0.2) is 0 Å². The highest BCUT2D eigenvalue weighted by Gasteiger charge is 2.23. The molecule has 0 N–H and O–H groups in total. The van der Waals surface area contributed by atoms with Crippen LogP contribution in [0.15, 0.2) is 18.2 Å². The lowest BCUT2D eigenvalue weighted by Gasteiger charge is -2.35. The third-order valence-corrected chi connectivity index (χ3v) is 4.16. The van der Waals surface area contributed by atoms with Crippen molar-refractivity contribution < 1.29 is 12.8 Å². The monoisotopic (exact) mass is 312 g/mol. The van der Waals surface area contributed by atoms with Crippen LogP contribution >= 0.6 is 0 Å². The van der Waals surface area contributed by atoms with Crippen molar-refractivity contribution in [2.24, 2.45) is 0 Å². The smallest absolute Gasteiger partial charge is 0.148 e. The van der Waals surface area contributed by atoms with Gasteiger partial charge in [0.2, 0.25) is 0 Å². The third kappa shape index (κ3) is 5.82. The van der Waals surface area contributed by atoms with Gasteiger partial charge in [-0.25, -0.2) is 12.8 Å². The molecule has 0 aliphatic rings. The summed E-state index contributed by atoms with van der Waals surface area (Å²) < 4.78 is 35.9. The van der Waals surface area contributed by atoms with Crippen LogP contribution in [0.25, 0.3) is 0 Å². The molecule has 0 bridgehead atoms. The van der Waals surface area contributed by atoms with Crippen LogP contribution in [-0.2, 0) is 16.4 Å². The number of benzene rings is 1. The van der Waals surface area contributed by atoms with E-state index >= 15 is 0 Å². The zero-order valence-corrected chi connectivity index (χ0v) is 13.7. The fraction of sp³-hybridized carbons (Fsp3) is 0.533. The molecular formula is C15H21FN2O2S. The highest BCUT2D eigenvalue weighted by atomic mass is 32.2. The first-order valence-electron chi connectivity index (χ1n) is 6.64. The first-order chi connectivity index (χ1) is 9.53. The number of rotatable bonds is 5. The molecule has 116 valence electrons. The summed E-state index contributed by atoms with van der Waals surface area (Å²) in [6, 6.07) is 6.07. The van der Waals surface area contributed by atoms with Gasteiger partial charge in [-0.05, 0) is 38.5 Å². The van der Waals surface area contributed by atoms with Crippen LogP contribution in [0.2, 0.25) is 0 Å². The maximum absolute atomic E-state index is 13.2. The first kappa shape index (κ1) is 17.6. The predicted octanol–water partition coefficient (Wildman–Crippen LogP) is 2.34. The second-order valence-corrected chi connectivity index (χ2v) is 8.40. The molecule has 0 fully saturated rings. The van der Waals surface area contributed by atoms with Gasteiger partial charge in [-0.3, -0.25) is 4.90 Å². The number of nitriles is 1. The molecule has 0 amide bonds. The van der Waals surface area contributed by atoms with Crippen molar-refractivity contribution in [2.45, 2.75) is 32.9 Å². The second-order valence-electron chi connectivity index (χ2n) is 6.14. The third-order valence-electron chi connectivity index (χ3n) is 3.23. The molecule has 0 saturated heterocycles. The van der Waals surface area contributed by atoms with Gasteiger partial charge in [0.25, 0.3) is 0 Å². The van der Waals surface area contributed by atoms with E-state index in [4.69, 9.17) is 5.26 Å². The van der Waals surface area contributed by atoms with E-state index in [1.165, 1.54) is 18.4 Å². The van der Waals surface area contributed by atoms with Crippen LogP contribution in [0.4, 0.5) is 4.39 Å². The van der Waals surface area contributed by atoms with Gasteiger partial charge in [0, 0.05) is 24.9 Å². The van der Waals surface area contributed by atoms with E-state index in [9.17, 15) is 12.8 Å². The Labute approximate surface area is 126 Å². The fourth-order valence-corrected chi connectivity index (χ4v) is 2.48. The largest absolute Gasteiger partial charge is 0.293 e. The van der Waals surface area contributed by atoms with Crippen molar-refractivity contribution >= 4 is 9.84 Å². The Balaban J connectivity index is 3.00. The highest BCUT2D eigenvalue weighted by molar-refractivity contribution is 7.90. The molecule has 0 saturated carbocycles. The minimum Gasteiger partial charge on any atom is -0.293 e. The molecular weight excluding hydrogens is 291 g/mol. The molecule has 0 aliphatic heterocycles. The number of sulfone groups is 1. The summed E-state index contributed by atoms with van der Waals surface area (Å²) in [6.07, 6.45) is 1.20. The van der Waals surface area contributed by atoms with E-state index < -0.39 is 15.7 Å². The summed E-state index contributed by atoms with van der Waals surface area (Å²) in [4.78, 5) is 1.97. The zero-order valence-electron chi connectivity index (χ0n) is 12.9. The van der Waals surface area contributed by atoms with Gasteiger partial charge >= 0.3 is 0 Å². The molecule has 0 aliphatic carbocycles. The van der Waals surface area contributed by atoms with Crippen LogP contribution < -0.4 is 0 Å². The van der Waals surface area contributed by atoms with Crippen LogP contribution in [-0.4, -0.2) is 37.4 Å². The molecule has 0 radical (unpaired) electrons. The minimum absolute atomic E-state index is 0.0490. The summed E-state index contributed by atoms with van der Waals surface area (Å²) in [5.41, 5.74) is 0.720. The minimum atomic E-state index is -3.06. The van der Waals surface area contributed by atoms with E-state index in [1.807, 2.05) is 31.7 Å². The molecule has 4 nitrogen and oxygen atoms in total. The predicted molar refractivity (Wildman–Crippen MR) is 81.0 cm³/mol. The maximum atomic E-state index is 13.2. The van der Waals surface area contributed by atoms with E-state index in [-0.39, 0.29) is 16.9 Å². The SMILES string of the molecule is CC(C)(C)N(CCS(C)(=O)=O)Cc1ccc(F)cc1C#N. The molecule has 6 heteroatoms. The normalized spacial score (nSPS) is 12.4. The van der Waals surface area contributed by atoms with E-state index in [2.05, 4.69) is 0 Å².